The highest BCUT2D eigenvalue weighted by atomic mass is 16.1. The molecule has 0 aromatic carbocycles. The van der Waals surface area contributed by atoms with E-state index in [1.54, 1.807) is 6.08 Å². The lowest BCUT2D eigenvalue weighted by atomic mass is 10.2. The Morgan fingerprint density at radius 1 is 1.64 bits per heavy atom. The van der Waals surface area contributed by atoms with Gasteiger partial charge in [0.05, 0.1) is 0 Å². The average molecular weight is 154 g/mol. The molecule has 0 fully saturated rings. The van der Waals surface area contributed by atoms with Crippen LogP contribution in [0.15, 0.2) is 24.8 Å². The SMILES string of the molecule is C=CCNCCC(=C)C(N)=O. The van der Waals surface area contributed by atoms with E-state index in [-0.39, 0.29) is 0 Å². The lowest BCUT2D eigenvalue weighted by molar-refractivity contribution is -0.114. The fourth-order valence-corrected chi connectivity index (χ4v) is 0.567. The number of nitrogens with one attached hydrogen (secondary N) is 1. The molecule has 1 amide bonds. The Labute approximate surface area is 67.0 Å². The van der Waals surface area contributed by atoms with E-state index in [4.69, 9.17) is 5.73 Å². The van der Waals surface area contributed by atoms with Gasteiger partial charge in [-0.3, -0.25) is 4.79 Å². The van der Waals surface area contributed by atoms with Crippen molar-refractivity contribution in [3.63, 3.8) is 0 Å². The van der Waals surface area contributed by atoms with Gasteiger partial charge in [-0.2, -0.15) is 0 Å². The Morgan fingerprint density at radius 3 is 2.73 bits per heavy atom. The fourth-order valence-electron chi connectivity index (χ4n) is 0.567. The summed E-state index contributed by atoms with van der Waals surface area (Å²) in [6.07, 6.45) is 2.36. The van der Waals surface area contributed by atoms with Crippen LogP contribution in [0.3, 0.4) is 0 Å². The normalized spacial score (nSPS) is 9.09. The minimum Gasteiger partial charge on any atom is -0.366 e. The molecular formula is C8H14N2O. The number of hydrogen-bond donors (Lipinski definition) is 2. The number of hydrogen-bond acceptors (Lipinski definition) is 2. The molecular weight excluding hydrogens is 140 g/mol. The molecule has 0 aliphatic heterocycles. The van der Waals surface area contributed by atoms with E-state index in [1.807, 2.05) is 0 Å². The molecule has 62 valence electrons. The van der Waals surface area contributed by atoms with Crippen LogP contribution in [0.4, 0.5) is 0 Å². The maximum atomic E-state index is 10.4. The number of amides is 1. The van der Waals surface area contributed by atoms with Crippen LogP contribution in [0.2, 0.25) is 0 Å². The highest BCUT2D eigenvalue weighted by Gasteiger charge is 1.98. The monoisotopic (exact) mass is 154 g/mol. The summed E-state index contributed by atoms with van der Waals surface area (Å²) in [5.41, 5.74) is 5.42. The van der Waals surface area contributed by atoms with Gasteiger partial charge in [-0.25, -0.2) is 0 Å². The van der Waals surface area contributed by atoms with Gasteiger partial charge in [0.2, 0.25) is 5.91 Å². The summed E-state index contributed by atoms with van der Waals surface area (Å²) in [6.45, 7) is 8.51. The van der Waals surface area contributed by atoms with Gasteiger partial charge < -0.3 is 11.1 Å². The molecule has 0 aliphatic rings. The Kier molecular flexibility index (Phi) is 5.11. The van der Waals surface area contributed by atoms with Crippen molar-refractivity contribution in [1.29, 1.82) is 0 Å². The molecule has 0 radical (unpaired) electrons. The number of rotatable bonds is 6. The van der Waals surface area contributed by atoms with E-state index in [2.05, 4.69) is 18.5 Å². The first-order valence-corrected chi connectivity index (χ1v) is 3.47. The minimum atomic E-state index is -0.426. The minimum absolute atomic E-state index is 0.426. The van der Waals surface area contributed by atoms with E-state index in [9.17, 15) is 4.79 Å². The smallest absolute Gasteiger partial charge is 0.244 e. The van der Waals surface area contributed by atoms with Crippen LogP contribution < -0.4 is 11.1 Å². The van der Waals surface area contributed by atoms with Gasteiger partial charge in [-0.05, 0) is 13.0 Å². The van der Waals surface area contributed by atoms with Crippen molar-refractivity contribution in [3.05, 3.63) is 24.8 Å². The lowest BCUT2D eigenvalue weighted by Gasteiger charge is -2.00. The molecule has 0 aromatic rings. The first kappa shape index (κ1) is 9.91. The predicted octanol–water partition coefficient (Wildman–Crippen LogP) is 0.194. The van der Waals surface area contributed by atoms with E-state index < -0.39 is 5.91 Å². The zero-order chi connectivity index (χ0) is 8.69. The maximum Gasteiger partial charge on any atom is 0.244 e. The quantitative estimate of drug-likeness (QED) is 0.326. The molecule has 0 aromatic heterocycles. The molecule has 3 N–H and O–H groups in total. The molecule has 0 rings (SSSR count). The number of primary amides is 1. The van der Waals surface area contributed by atoms with E-state index in [1.165, 1.54) is 0 Å². The first-order chi connectivity index (χ1) is 5.18. The Hall–Kier alpha value is -1.09. The third-order valence-electron chi connectivity index (χ3n) is 1.24. The highest BCUT2D eigenvalue weighted by Crippen LogP contribution is 1.93. The topological polar surface area (TPSA) is 55.1 Å². The van der Waals surface area contributed by atoms with Crippen LogP contribution in [0.5, 0.6) is 0 Å². The van der Waals surface area contributed by atoms with Gasteiger partial charge in [0.15, 0.2) is 0 Å². The molecule has 0 saturated heterocycles. The molecule has 0 bridgehead atoms. The van der Waals surface area contributed by atoms with E-state index in [0.717, 1.165) is 6.54 Å². The largest absolute Gasteiger partial charge is 0.366 e. The molecule has 3 heteroatoms. The second-order valence-corrected chi connectivity index (χ2v) is 2.21. The van der Waals surface area contributed by atoms with Crippen molar-refractivity contribution in [1.82, 2.24) is 5.32 Å². The Bertz CT molecular complexity index is 163. The summed E-state index contributed by atoms with van der Waals surface area (Å²) in [7, 11) is 0. The zero-order valence-corrected chi connectivity index (χ0v) is 6.60. The second kappa shape index (κ2) is 5.68. The third kappa shape index (κ3) is 5.36. The van der Waals surface area contributed by atoms with Crippen LogP contribution in [-0.2, 0) is 4.79 Å². The summed E-state index contributed by atoms with van der Waals surface area (Å²) in [4.78, 5) is 10.4. The molecule has 0 unspecified atom stereocenters. The highest BCUT2D eigenvalue weighted by molar-refractivity contribution is 5.91. The van der Waals surface area contributed by atoms with Gasteiger partial charge in [0.1, 0.15) is 0 Å². The van der Waals surface area contributed by atoms with Crippen molar-refractivity contribution in [2.45, 2.75) is 6.42 Å². The predicted molar refractivity (Wildman–Crippen MR) is 46.0 cm³/mol. The fraction of sp³-hybridized carbons (Fsp3) is 0.375. The van der Waals surface area contributed by atoms with Crippen molar-refractivity contribution in [2.24, 2.45) is 5.73 Å². The molecule has 3 nitrogen and oxygen atoms in total. The Balaban J connectivity index is 3.31. The molecule has 0 saturated carbocycles. The summed E-state index contributed by atoms with van der Waals surface area (Å²) in [6, 6.07) is 0. The molecule has 11 heavy (non-hydrogen) atoms. The molecule has 0 aliphatic carbocycles. The standard InChI is InChI=1S/C8H14N2O/c1-3-5-10-6-4-7(2)8(9)11/h3,10H,1-2,4-6H2,(H2,9,11). The van der Waals surface area contributed by atoms with Gasteiger partial charge in [-0.1, -0.05) is 12.7 Å². The van der Waals surface area contributed by atoms with Gasteiger partial charge >= 0.3 is 0 Å². The van der Waals surface area contributed by atoms with Crippen molar-refractivity contribution < 1.29 is 4.79 Å². The maximum absolute atomic E-state index is 10.4. The number of carbonyl (C=O) groups is 1. The first-order valence-electron chi connectivity index (χ1n) is 3.47. The molecule has 0 atom stereocenters. The van der Waals surface area contributed by atoms with Crippen LogP contribution in [0.1, 0.15) is 6.42 Å². The van der Waals surface area contributed by atoms with Gasteiger partial charge in [0, 0.05) is 12.1 Å². The van der Waals surface area contributed by atoms with E-state index in [0.29, 0.717) is 18.5 Å². The zero-order valence-electron chi connectivity index (χ0n) is 6.60. The number of carbonyl (C=O) groups excluding carboxylic acids is 1. The van der Waals surface area contributed by atoms with Crippen LogP contribution >= 0.6 is 0 Å². The summed E-state index contributed by atoms with van der Waals surface area (Å²) in [5, 5.41) is 3.03. The van der Waals surface area contributed by atoms with Crippen molar-refractivity contribution >= 4 is 5.91 Å². The Morgan fingerprint density at radius 2 is 2.27 bits per heavy atom. The second-order valence-electron chi connectivity index (χ2n) is 2.21. The van der Waals surface area contributed by atoms with E-state index >= 15 is 0 Å². The van der Waals surface area contributed by atoms with Gasteiger partial charge in [0.25, 0.3) is 0 Å². The third-order valence-corrected chi connectivity index (χ3v) is 1.24. The molecule has 0 heterocycles. The van der Waals surface area contributed by atoms with Crippen LogP contribution in [0, 0.1) is 0 Å². The average Bonchev–Trinajstić information content (AvgIpc) is 1.97. The summed E-state index contributed by atoms with van der Waals surface area (Å²) >= 11 is 0. The van der Waals surface area contributed by atoms with Crippen molar-refractivity contribution in [2.75, 3.05) is 13.1 Å². The van der Waals surface area contributed by atoms with Crippen LogP contribution in [0.25, 0.3) is 0 Å². The summed E-state index contributed by atoms with van der Waals surface area (Å²) in [5.74, 6) is -0.426. The molecule has 0 spiro atoms. The lowest BCUT2D eigenvalue weighted by Crippen LogP contribution is -2.20. The number of nitrogens with two attached hydrogens (primary N) is 1. The van der Waals surface area contributed by atoms with Crippen molar-refractivity contribution in [3.8, 4) is 0 Å². The van der Waals surface area contributed by atoms with Crippen LogP contribution in [-0.4, -0.2) is 19.0 Å². The summed E-state index contributed by atoms with van der Waals surface area (Å²) < 4.78 is 0. The van der Waals surface area contributed by atoms with Gasteiger partial charge in [-0.15, -0.1) is 6.58 Å².